The molecule has 0 fully saturated rings. The molecule has 1 aliphatic carbocycles. The molecule has 0 saturated carbocycles. The summed E-state index contributed by atoms with van der Waals surface area (Å²) < 4.78 is 5.17. The summed E-state index contributed by atoms with van der Waals surface area (Å²) in [5, 5.41) is 9.88. The van der Waals surface area contributed by atoms with Crippen LogP contribution in [0.25, 0.3) is 0 Å². The quantitative estimate of drug-likeness (QED) is 0.857. The molecule has 1 heterocycles. The zero-order valence-electron chi connectivity index (χ0n) is 8.69. The lowest BCUT2D eigenvalue weighted by atomic mass is 10.1. The van der Waals surface area contributed by atoms with Gasteiger partial charge in [-0.05, 0) is 19.8 Å². The molecule has 82 valence electrons. The van der Waals surface area contributed by atoms with E-state index in [0.29, 0.717) is 6.42 Å². The fraction of sp³-hybridized carbons (Fsp3) is 0.600. The van der Waals surface area contributed by atoms with E-state index in [-0.39, 0.29) is 6.10 Å². The third-order valence-electron chi connectivity index (χ3n) is 2.73. The molecule has 0 spiro atoms. The van der Waals surface area contributed by atoms with E-state index in [1.165, 1.54) is 0 Å². The highest BCUT2D eigenvalue weighted by Crippen LogP contribution is 2.38. The summed E-state index contributed by atoms with van der Waals surface area (Å²) in [4.78, 5) is 16.4. The zero-order valence-corrected chi connectivity index (χ0v) is 9.50. The summed E-state index contributed by atoms with van der Waals surface area (Å²) in [5.74, 6) is -1.18. The molecule has 2 atom stereocenters. The smallest absolute Gasteiger partial charge is 0.312 e. The normalized spacial score (nSPS) is 21.3. The summed E-state index contributed by atoms with van der Waals surface area (Å²) in [7, 11) is 1.63. The Morgan fingerprint density at radius 1 is 1.73 bits per heavy atom. The van der Waals surface area contributed by atoms with Gasteiger partial charge in [-0.1, -0.05) is 0 Å². The molecular formula is C10H13NO3S. The summed E-state index contributed by atoms with van der Waals surface area (Å²) in [5.41, 5.74) is 0.756. The number of carboxylic acids is 1. The predicted molar refractivity (Wildman–Crippen MR) is 56.2 cm³/mol. The average Bonchev–Trinajstić information content (AvgIpc) is 2.73. The van der Waals surface area contributed by atoms with Gasteiger partial charge >= 0.3 is 5.97 Å². The highest BCUT2D eigenvalue weighted by atomic mass is 32.1. The summed E-state index contributed by atoms with van der Waals surface area (Å²) >= 11 is 1.58. The number of hydrogen-bond acceptors (Lipinski definition) is 4. The van der Waals surface area contributed by atoms with Gasteiger partial charge in [0.1, 0.15) is 17.0 Å². The van der Waals surface area contributed by atoms with E-state index in [1.807, 2.05) is 6.92 Å². The molecule has 1 N–H and O–H groups in total. The number of aromatic nitrogens is 1. The van der Waals surface area contributed by atoms with Crippen molar-refractivity contribution in [1.82, 2.24) is 4.98 Å². The molecule has 0 bridgehead atoms. The van der Waals surface area contributed by atoms with Crippen molar-refractivity contribution in [3.05, 3.63) is 15.6 Å². The van der Waals surface area contributed by atoms with Crippen molar-refractivity contribution in [3.63, 3.8) is 0 Å². The lowest BCUT2D eigenvalue weighted by Crippen LogP contribution is -2.09. The molecule has 1 aliphatic rings. The van der Waals surface area contributed by atoms with Crippen LogP contribution in [0.2, 0.25) is 0 Å². The number of carbonyl (C=O) groups is 1. The number of carboxylic acid groups (broad SMARTS) is 1. The number of ether oxygens (including phenoxy) is 1. The Morgan fingerprint density at radius 3 is 3.07 bits per heavy atom. The molecule has 1 aromatic rings. The van der Waals surface area contributed by atoms with Crippen LogP contribution >= 0.6 is 11.3 Å². The van der Waals surface area contributed by atoms with Crippen molar-refractivity contribution < 1.29 is 14.6 Å². The third-order valence-corrected chi connectivity index (χ3v) is 4.03. The van der Waals surface area contributed by atoms with Gasteiger partial charge in [0.05, 0.1) is 5.69 Å². The van der Waals surface area contributed by atoms with Crippen LogP contribution in [-0.4, -0.2) is 23.2 Å². The minimum absolute atomic E-state index is 0.0463. The average molecular weight is 227 g/mol. The zero-order chi connectivity index (χ0) is 11.0. The van der Waals surface area contributed by atoms with E-state index in [2.05, 4.69) is 4.98 Å². The molecule has 0 radical (unpaired) electrons. The van der Waals surface area contributed by atoms with Gasteiger partial charge in [-0.15, -0.1) is 11.3 Å². The van der Waals surface area contributed by atoms with Crippen molar-refractivity contribution >= 4 is 17.3 Å². The maximum atomic E-state index is 10.9. The second-order valence-electron chi connectivity index (χ2n) is 3.67. The number of thiazole rings is 1. The van der Waals surface area contributed by atoms with Crippen LogP contribution in [0.4, 0.5) is 0 Å². The Bertz CT molecular complexity index is 388. The van der Waals surface area contributed by atoms with Crippen molar-refractivity contribution in [2.45, 2.75) is 31.8 Å². The maximum Gasteiger partial charge on any atom is 0.312 e. The van der Waals surface area contributed by atoms with Crippen LogP contribution in [0.1, 0.15) is 40.9 Å². The van der Waals surface area contributed by atoms with Gasteiger partial charge in [0, 0.05) is 12.0 Å². The van der Waals surface area contributed by atoms with E-state index in [1.54, 1.807) is 18.4 Å². The van der Waals surface area contributed by atoms with Gasteiger partial charge in [-0.2, -0.15) is 0 Å². The second-order valence-corrected chi connectivity index (χ2v) is 4.78. The Kier molecular flexibility index (Phi) is 2.75. The summed E-state index contributed by atoms with van der Waals surface area (Å²) in [6.45, 7) is 1.92. The monoisotopic (exact) mass is 227 g/mol. The number of aliphatic carboxylic acids is 1. The first-order chi connectivity index (χ1) is 7.13. The molecule has 1 aromatic heterocycles. The van der Waals surface area contributed by atoms with Gasteiger partial charge in [-0.25, -0.2) is 4.98 Å². The first kappa shape index (κ1) is 10.6. The minimum atomic E-state index is -0.768. The second kappa shape index (κ2) is 3.90. The first-order valence-corrected chi connectivity index (χ1v) is 5.70. The molecule has 5 heteroatoms. The van der Waals surface area contributed by atoms with Crippen molar-refractivity contribution in [2.75, 3.05) is 7.11 Å². The van der Waals surface area contributed by atoms with Crippen LogP contribution in [0.3, 0.4) is 0 Å². The molecule has 0 aromatic carbocycles. The summed E-state index contributed by atoms with van der Waals surface area (Å²) in [6.07, 6.45) is 1.47. The molecule has 4 nitrogen and oxygen atoms in total. The first-order valence-electron chi connectivity index (χ1n) is 4.88. The van der Waals surface area contributed by atoms with Gasteiger partial charge in [0.2, 0.25) is 0 Å². The van der Waals surface area contributed by atoms with Crippen LogP contribution in [0.5, 0.6) is 0 Å². The fourth-order valence-corrected chi connectivity index (χ4v) is 2.93. The van der Waals surface area contributed by atoms with Crippen molar-refractivity contribution in [1.29, 1.82) is 0 Å². The molecular weight excluding hydrogens is 214 g/mol. The Balaban J connectivity index is 2.30. The van der Waals surface area contributed by atoms with Gasteiger partial charge in [0.15, 0.2) is 0 Å². The van der Waals surface area contributed by atoms with Crippen LogP contribution in [0, 0.1) is 0 Å². The van der Waals surface area contributed by atoms with E-state index in [4.69, 9.17) is 9.84 Å². The number of fused-ring (bicyclic) bond motifs is 1. The Hall–Kier alpha value is -0.940. The molecule has 2 rings (SSSR count). The summed E-state index contributed by atoms with van der Waals surface area (Å²) in [6, 6.07) is 0. The Morgan fingerprint density at radius 2 is 2.47 bits per heavy atom. The molecule has 0 saturated heterocycles. The molecule has 2 unspecified atom stereocenters. The topological polar surface area (TPSA) is 59.4 Å². The standard InChI is InChI=1S/C10H13NO3S/c1-5(14-2)9-11-8-6(10(12)13)3-4-7(8)15-9/h5-6H,3-4H2,1-2H3,(H,12,13). The largest absolute Gasteiger partial charge is 0.481 e. The number of aryl methyl sites for hydroxylation is 1. The van der Waals surface area contributed by atoms with Crippen LogP contribution < -0.4 is 0 Å². The fourth-order valence-electron chi connectivity index (χ4n) is 1.76. The van der Waals surface area contributed by atoms with Crippen molar-refractivity contribution in [2.24, 2.45) is 0 Å². The van der Waals surface area contributed by atoms with Gasteiger partial charge < -0.3 is 9.84 Å². The molecule has 15 heavy (non-hydrogen) atoms. The van der Waals surface area contributed by atoms with Crippen LogP contribution in [0.15, 0.2) is 0 Å². The van der Waals surface area contributed by atoms with E-state index < -0.39 is 11.9 Å². The van der Waals surface area contributed by atoms with E-state index in [0.717, 1.165) is 22.0 Å². The van der Waals surface area contributed by atoms with Gasteiger partial charge in [0.25, 0.3) is 0 Å². The Labute approximate surface area is 91.9 Å². The number of hydrogen-bond donors (Lipinski definition) is 1. The van der Waals surface area contributed by atoms with Crippen molar-refractivity contribution in [3.8, 4) is 0 Å². The number of methoxy groups -OCH3 is 1. The van der Waals surface area contributed by atoms with E-state index in [9.17, 15) is 4.79 Å². The highest BCUT2D eigenvalue weighted by molar-refractivity contribution is 7.11. The van der Waals surface area contributed by atoms with Gasteiger partial charge in [-0.3, -0.25) is 4.79 Å². The number of nitrogens with zero attached hydrogens (tertiary/aromatic N) is 1. The van der Waals surface area contributed by atoms with Crippen LogP contribution in [-0.2, 0) is 16.0 Å². The lowest BCUT2D eigenvalue weighted by Gasteiger charge is -2.05. The SMILES string of the molecule is COC(C)c1nc2c(s1)CCC2C(=O)O. The minimum Gasteiger partial charge on any atom is -0.481 e. The maximum absolute atomic E-state index is 10.9. The lowest BCUT2D eigenvalue weighted by molar-refractivity contribution is -0.138. The van der Waals surface area contributed by atoms with E-state index >= 15 is 0 Å². The third kappa shape index (κ3) is 1.77. The number of rotatable bonds is 3. The molecule has 0 amide bonds. The highest BCUT2D eigenvalue weighted by Gasteiger charge is 2.32. The molecule has 0 aliphatic heterocycles. The predicted octanol–water partition coefficient (Wildman–Crippen LogP) is 1.96.